The zero-order valence-electron chi connectivity index (χ0n) is 17.5. The fourth-order valence-corrected chi connectivity index (χ4v) is 3.82. The molecule has 2 N–H and O–H groups in total. The van der Waals surface area contributed by atoms with Crippen LogP contribution in [0.2, 0.25) is 5.02 Å². The molecule has 0 atom stereocenters. The lowest BCUT2D eigenvalue weighted by atomic mass is 10.2. The number of anilines is 2. The number of morpholine rings is 1. The van der Waals surface area contributed by atoms with Crippen molar-refractivity contribution in [3.8, 4) is 17.1 Å². The van der Waals surface area contributed by atoms with Gasteiger partial charge in [0.2, 0.25) is 0 Å². The van der Waals surface area contributed by atoms with E-state index in [1.54, 1.807) is 6.20 Å². The standard InChI is InChI=1S/C24H23ClN5O2/c25-20-16-26-24-22(21(20)27-18-4-2-1-3-5-18)28-23(29-24)17-6-8-19(9-7-17)32-15-12-30-10-13-31-14-11-30/h2-9,16H,10-15H2,(H2,26,27,28,29). The van der Waals surface area contributed by atoms with Crippen LogP contribution in [-0.2, 0) is 4.74 Å². The molecule has 2 aromatic heterocycles. The normalized spacial score (nSPS) is 14.5. The molecule has 32 heavy (non-hydrogen) atoms. The van der Waals surface area contributed by atoms with Gasteiger partial charge in [0.1, 0.15) is 23.7 Å². The predicted molar refractivity (Wildman–Crippen MR) is 126 cm³/mol. The molecule has 0 spiro atoms. The first-order valence-corrected chi connectivity index (χ1v) is 10.9. The Kier molecular flexibility index (Phi) is 6.20. The van der Waals surface area contributed by atoms with Crippen LogP contribution in [0.4, 0.5) is 11.4 Å². The molecule has 0 bridgehead atoms. The number of ether oxygens (including phenoxy) is 2. The maximum absolute atomic E-state index is 6.43. The second-order valence-corrected chi connectivity index (χ2v) is 7.91. The number of nitrogens with zero attached hydrogens (tertiary/aromatic N) is 3. The molecule has 0 aliphatic carbocycles. The van der Waals surface area contributed by atoms with Crippen LogP contribution < -0.4 is 10.1 Å². The molecule has 1 aliphatic heterocycles. The van der Waals surface area contributed by atoms with Crippen molar-refractivity contribution in [3.63, 3.8) is 0 Å². The van der Waals surface area contributed by atoms with Gasteiger partial charge in [-0.15, -0.1) is 0 Å². The number of imidazole rings is 1. The zero-order valence-corrected chi connectivity index (χ0v) is 18.2. The number of pyridine rings is 1. The summed E-state index contributed by atoms with van der Waals surface area (Å²) in [5.74, 6) is 1.56. The van der Waals surface area contributed by atoms with E-state index >= 15 is 0 Å². The molecule has 163 valence electrons. The Labute approximate surface area is 191 Å². The topological polar surface area (TPSA) is 75.3 Å². The average Bonchev–Trinajstić information content (AvgIpc) is 3.27. The molecule has 0 saturated carbocycles. The highest BCUT2D eigenvalue weighted by Gasteiger charge is 2.14. The second-order valence-electron chi connectivity index (χ2n) is 7.51. The van der Waals surface area contributed by atoms with Crippen molar-refractivity contribution in [2.24, 2.45) is 0 Å². The molecule has 1 fully saturated rings. The minimum absolute atomic E-state index is 0.518. The van der Waals surface area contributed by atoms with Crippen molar-refractivity contribution < 1.29 is 9.47 Å². The third kappa shape index (κ3) is 4.70. The molecule has 2 aromatic carbocycles. The number of hydrogen-bond donors (Lipinski definition) is 2. The lowest BCUT2D eigenvalue weighted by Crippen LogP contribution is -2.38. The van der Waals surface area contributed by atoms with Crippen LogP contribution in [0.1, 0.15) is 0 Å². The summed E-state index contributed by atoms with van der Waals surface area (Å²) in [6, 6.07) is 18.5. The fraction of sp³-hybridized carbons (Fsp3) is 0.250. The Balaban J connectivity index is 1.30. The largest absolute Gasteiger partial charge is 0.492 e. The highest BCUT2D eigenvalue weighted by atomic mass is 35.5. The number of aromatic amines is 1. The smallest absolute Gasteiger partial charge is 0.180 e. The maximum atomic E-state index is 6.43. The van der Waals surface area contributed by atoms with Crippen molar-refractivity contribution >= 4 is 34.1 Å². The van der Waals surface area contributed by atoms with Crippen molar-refractivity contribution in [3.05, 3.63) is 65.8 Å². The molecule has 7 nitrogen and oxygen atoms in total. The summed E-state index contributed by atoms with van der Waals surface area (Å²) in [7, 11) is 0. The van der Waals surface area contributed by atoms with E-state index in [-0.39, 0.29) is 0 Å². The van der Waals surface area contributed by atoms with Gasteiger partial charge in [0, 0.05) is 30.9 Å². The van der Waals surface area contributed by atoms with Crippen LogP contribution in [0.15, 0.2) is 54.7 Å². The van der Waals surface area contributed by atoms with Gasteiger partial charge in [-0.2, -0.15) is 0 Å². The third-order valence-electron chi connectivity index (χ3n) is 5.37. The quantitative estimate of drug-likeness (QED) is 0.432. The number of aromatic nitrogens is 3. The Morgan fingerprint density at radius 1 is 1.12 bits per heavy atom. The van der Waals surface area contributed by atoms with Crippen LogP contribution in [0.5, 0.6) is 5.75 Å². The molecule has 4 aromatic rings. The van der Waals surface area contributed by atoms with E-state index in [1.807, 2.05) is 48.5 Å². The number of benzene rings is 2. The molecule has 8 heteroatoms. The summed E-state index contributed by atoms with van der Waals surface area (Å²) in [6.45, 7) is 5.08. The van der Waals surface area contributed by atoms with E-state index in [4.69, 9.17) is 21.1 Å². The van der Waals surface area contributed by atoms with Gasteiger partial charge in [-0.1, -0.05) is 23.7 Å². The Bertz CT molecular complexity index is 1170. The SMILES string of the molecule is Clc1cnc2nc(-c3ccc(OCCN4CCOCC4)cc3)[nH]c2c1Nc1cc[c]cc1. The summed E-state index contributed by atoms with van der Waals surface area (Å²) in [6.07, 6.45) is 1.61. The van der Waals surface area contributed by atoms with Crippen LogP contribution in [0.25, 0.3) is 22.6 Å². The van der Waals surface area contributed by atoms with Crippen LogP contribution in [-0.4, -0.2) is 59.3 Å². The maximum Gasteiger partial charge on any atom is 0.180 e. The summed E-state index contributed by atoms with van der Waals surface area (Å²) in [5, 5.41) is 3.86. The van der Waals surface area contributed by atoms with Crippen molar-refractivity contribution in [1.29, 1.82) is 0 Å². The fourth-order valence-electron chi connectivity index (χ4n) is 3.63. The van der Waals surface area contributed by atoms with Crippen LogP contribution in [0.3, 0.4) is 0 Å². The molecule has 0 amide bonds. The van der Waals surface area contributed by atoms with Gasteiger partial charge in [0.15, 0.2) is 5.65 Å². The van der Waals surface area contributed by atoms with E-state index < -0.39 is 0 Å². The van der Waals surface area contributed by atoms with E-state index in [9.17, 15) is 0 Å². The molecular weight excluding hydrogens is 426 g/mol. The van der Waals surface area contributed by atoms with E-state index in [0.29, 0.717) is 17.3 Å². The minimum atomic E-state index is 0.518. The van der Waals surface area contributed by atoms with Gasteiger partial charge < -0.3 is 19.8 Å². The van der Waals surface area contributed by atoms with Gasteiger partial charge in [-0.3, -0.25) is 4.90 Å². The van der Waals surface area contributed by atoms with E-state index in [2.05, 4.69) is 31.2 Å². The highest BCUT2D eigenvalue weighted by Crippen LogP contribution is 2.33. The van der Waals surface area contributed by atoms with Gasteiger partial charge in [0.05, 0.1) is 30.1 Å². The first-order valence-electron chi connectivity index (χ1n) is 10.6. The van der Waals surface area contributed by atoms with Crippen molar-refractivity contribution in [2.75, 3.05) is 44.8 Å². The molecule has 1 aliphatic rings. The van der Waals surface area contributed by atoms with Crippen LogP contribution in [0, 0.1) is 6.07 Å². The van der Waals surface area contributed by atoms with E-state index in [0.717, 1.165) is 66.9 Å². The van der Waals surface area contributed by atoms with Gasteiger partial charge in [-0.05, 0) is 42.5 Å². The highest BCUT2D eigenvalue weighted by molar-refractivity contribution is 6.34. The number of H-pyrrole nitrogens is 1. The number of hydrogen-bond acceptors (Lipinski definition) is 6. The lowest BCUT2D eigenvalue weighted by Gasteiger charge is -2.26. The molecule has 1 radical (unpaired) electrons. The number of fused-ring (bicyclic) bond motifs is 1. The van der Waals surface area contributed by atoms with Crippen molar-refractivity contribution in [1.82, 2.24) is 19.9 Å². The minimum Gasteiger partial charge on any atom is -0.492 e. The van der Waals surface area contributed by atoms with E-state index in [1.165, 1.54) is 0 Å². The lowest BCUT2D eigenvalue weighted by molar-refractivity contribution is 0.0322. The Morgan fingerprint density at radius 2 is 1.91 bits per heavy atom. The van der Waals surface area contributed by atoms with Gasteiger partial charge in [-0.25, -0.2) is 9.97 Å². The average molecular weight is 449 g/mol. The Hall–Kier alpha value is -3.13. The first-order chi connectivity index (χ1) is 15.8. The summed E-state index contributed by atoms with van der Waals surface area (Å²) < 4.78 is 11.3. The van der Waals surface area contributed by atoms with Crippen molar-refractivity contribution in [2.45, 2.75) is 0 Å². The molecule has 5 rings (SSSR count). The predicted octanol–water partition coefficient (Wildman–Crippen LogP) is 4.53. The molecular formula is C24H23ClN5O2. The zero-order chi connectivity index (χ0) is 21.8. The third-order valence-corrected chi connectivity index (χ3v) is 5.66. The summed E-state index contributed by atoms with van der Waals surface area (Å²) >= 11 is 6.43. The number of rotatable bonds is 7. The van der Waals surface area contributed by atoms with Gasteiger partial charge in [0.25, 0.3) is 0 Å². The molecule has 3 heterocycles. The number of nitrogens with one attached hydrogen (secondary N) is 2. The molecule has 1 saturated heterocycles. The first kappa shape index (κ1) is 20.8. The number of halogens is 1. The molecule has 0 unspecified atom stereocenters. The van der Waals surface area contributed by atoms with Crippen LogP contribution >= 0.6 is 11.6 Å². The van der Waals surface area contributed by atoms with Gasteiger partial charge >= 0.3 is 0 Å². The monoisotopic (exact) mass is 448 g/mol. The Morgan fingerprint density at radius 3 is 2.69 bits per heavy atom. The second kappa shape index (κ2) is 9.56. The summed E-state index contributed by atoms with van der Waals surface area (Å²) in [4.78, 5) is 14.7. The summed E-state index contributed by atoms with van der Waals surface area (Å²) in [5.41, 5.74) is 3.95.